The Labute approximate surface area is 105 Å². The number of Topliss-reactive ketones (excluding diaryl/α,β-unsaturated/α-hetero) is 1. The molecule has 2 nitrogen and oxygen atoms in total. The van der Waals surface area contributed by atoms with Crippen LogP contribution >= 0.6 is 11.6 Å². The number of carbonyl (C=O) groups excluding carboxylic acids is 1. The van der Waals surface area contributed by atoms with Crippen LogP contribution in [0.1, 0.15) is 21.7 Å². The van der Waals surface area contributed by atoms with Gasteiger partial charge in [-0.2, -0.15) is 0 Å². The fourth-order valence-electron chi connectivity index (χ4n) is 1.62. The second-order valence-electron chi connectivity index (χ2n) is 3.89. The lowest BCUT2D eigenvalue weighted by atomic mass is 10.1. The summed E-state index contributed by atoms with van der Waals surface area (Å²) in [4.78, 5) is 16.2. The van der Waals surface area contributed by atoms with Crippen LogP contribution in [0.3, 0.4) is 0 Å². The second-order valence-corrected chi connectivity index (χ2v) is 4.33. The Hall–Kier alpha value is -1.67. The Bertz CT molecular complexity index is 551. The van der Waals surface area contributed by atoms with E-state index in [4.69, 9.17) is 11.6 Å². The Morgan fingerprint density at radius 2 is 2.00 bits per heavy atom. The van der Waals surface area contributed by atoms with E-state index in [1.54, 1.807) is 18.2 Å². The SMILES string of the molecule is Cc1cccc(C(=O)Cc2cccc(Cl)c2)n1. The van der Waals surface area contributed by atoms with Gasteiger partial charge in [0.2, 0.25) is 0 Å². The molecule has 2 rings (SSSR count). The van der Waals surface area contributed by atoms with Gasteiger partial charge in [-0.15, -0.1) is 0 Å². The standard InChI is InChI=1S/C14H12ClNO/c1-10-4-2-7-13(16-10)14(17)9-11-5-3-6-12(15)8-11/h2-8H,9H2,1H3. The zero-order chi connectivity index (χ0) is 12.3. The number of aromatic nitrogens is 1. The summed E-state index contributed by atoms with van der Waals surface area (Å²) in [6.45, 7) is 1.87. The highest BCUT2D eigenvalue weighted by atomic mass is 35.5. The van der Waals surface area contributed by atoms with Crippen LogP contribution < -0.4 is 0 Å². The molecule has 1 heterocycles. The van der Waals surface area contributed by atoms with Crippen molar-refractivity contribution in [3.8, 4) is 0 Å². The maximum Gasteiger partial charge on any atom is 0.185 e. The number of carbonyl (C=O) groups is 1. The van der Waals surface area contributed by atoms with E-state index in [-0.39, 0.29) is 5.78 Å². The fourth-order valence-corrected chi connectivity index (χ4v) is 1.83. The summed E-state index contributed by atoms with van der Waals surface area (Å²) in [6.07, 6.45) is 0.330. The van der Waals surface area contributed by atoms with Gasteiger partial charge in [-0.05, 0) is 36.8 Å². The molecule has 0 aliphatic rings. The largest absolute Gasteiger partial charge is 0.292 e. The van der Waals surface area contributed by atoms with Crippen LogP contribution in [0.2, 0.25) is 5.02 Å². The quantitative estimate of drug-likeness (QED) is 0.775. The zero-order valence-corrected chi connectivity index (χ0v) is 10.2. The molecule has 86 valence electrons. The van der Waals surface area contributed by atoms with Crippen LogP contribution in [-0.4, -0.2) is 10.8 Å². The van der Waals surface area contributed by atoms with Crippen LogP contribution in [0.15, 0.2) is 42.5 Å². The topological polar surface area (TPSA) is 30.0 Å². The van der Waals surface area contributed by atoms with E-state index in [0.717, 1.165) is 11.3 Å². The fraction of sp³-hybridized carbons (Fsp3) is 0.143. The lowest BCUT2D eigenvalue weighted by molar-refractivity contribution is 0.0988. The van der Waals surface area contributed by atoms with Gasteiger partial charge in [0.15, 0.2) is 5.78 Å². The molecule has 0 unspecified atom stereocenters. The molecular formula is C14H12ClNO. The summed E-state index contributed by atoms with van der Waals surface area (Å²) in [7, 11) is 0. The molecule has 1 aromatic heterocycles. The van der Waals surface area contributed by atoms with Gasteiger partial charge in [0, 0.05) is 17.1 Å². The first-order valence-electron chi connectivity index (χ1n) is 5.36. The number of hydrogen-bond acceptors (Lipinski definition) is 2. The first kappa shape index (κ1) is 11.8. The first-order valence-corrected chi connectivity index (χ1v) is 5.74. The molecule has 0 bridgehead atoms. The molecule has 0 radical (unpaired) electrons. The van der Waals surface area contributed by atoms with Crippen LogP contribution in [0.4, 0.5) is 0 Å². The van der Waals surface area contributed by atoms with Crippen molar-refractivity contribution in [2.24, 2.45) is 0 Å². The van der Waals surface area contributed by atoms with E-state index in [9.17, 15) is 4.79 Å². The average molecular weight is 246 g/mol. The van der Waals surface area contributed by atoms with Crippen molar-refractivity contribution in [3.63, 3.8) is 0 Å². The van der Waals surface area contributed by atoms with E-state index >= 15 is 0 Å². The molecule has 0 saturated carbocycles. The third-order valence-electron chi connectivity index (χ3n) is 2.43. The molecule has 0 fully saturated rings. The minimum atomic E-state index is 0.0102. The molecule has 0 atom stereocenters. The van der Waals surface area contributed by atoms with E-state index in [1.807, 2.05) is 31.2 Å². The molecule has 0 aliphatic heterocycles. The molecular weight excluding hydrogens is 234 g/mol. The Balaban J connectivity index is 2.17. The van der Waals surface area contributed by atoms with Gasteiger partial charge in [0.1, 0.15) is 5.69 Å². The molecule has 0 saturated heterocycles. The summed E-state index contributed by atoms with van der Waals surface area (Å²) in [6, 6.07) is 12.8. The highest BCUT2D eigenvalue weighted by Gasteiger charge is 2.08. The Morgan fingerprint density at radius 1 is 1.24 bits per heavy atom. The number of nitrogens with zero attached hydrogens (tertiary/aromatic N) is 1. The number of aryl methyl sites for hydroxylation is 1. The van der Waals surface area contributed by atoms with Gasteiger partial charge >= 0.3 is 0 Å². The molecule has 3 heteroatoms. The molecule has 2 aromatic rings. The van der Waals surface area contributed by atoms with E-state index in [0.29, 0.717) is 17.1 Å². The Kier molecular flexibility index (Phi) is 3.55. The minimum Gasteiger partial charge on any atom is -0.292 e. The Morgan fingerprint density at radius 3 is 2.71 bits per heavy atom. The highest BCUT2D eigenvalue weighted by molar-refractivity contribution is 6.30. The van der Waals surface area contributed by atoms with Crippen molar-refractivity contribution in [2.75, 3.05) is 0 Å². The number of ketones is 1. The molecule has 0 amide bonds. The van der Waals surface area contributed by atoms with Gasteiger partial charge in [0.05, 0.1) is 0 Å². The average Bonchev–Trinajstić information content (AvgIpc) is 2.29. The smallest absolute Gasteiger partial charge is 0.185 e. The maximum absolute atomic E-state index is 12.0. The van der Waals surface area contributed by atoms with Crippen LogP contribution in [0, 0.1) is 6.92 Å². The third-order valence-corrected chi connectivity index (χ3v) is 2.66. The first-order chi connectivity index (χ1) is 8.15. The number of pyridine rings is 1. The number of rotatable bonds is 3. The summed E-state index contributed by atoms with van der Waals surface area (Å²) in [5.74, 6) is 0.0102. The van der Waals surface area contributed by atoms with Crippen molar-refractivity contribution >= 4 is 17.4 Å². The summed E-state index contributed by atoms with van der Waals surface area (Å²) < 4.78 is 0. The van der Waals surface area contributed by atoms with Crippen molar-refractivity contribution < 1.29 is 4.79 Å². The molecule has 17 heavy (non-hydrogen) atoms. The van der Waals surface area contributed by atoms with Crippen molar-refractivity contribution in [1.82, 2.24) is 4.98 Å². The van der Waals surface area contributed by atoms with Gasteiger partial charge in [-0.3, -0.25) is 9.78 Å². The normalized spacial score (nSPS) is 10.2. The van der Waals surface area contributed by atoms with E-state index < -0.39 is 0 Å². The molecule has 0 N–H and O–H groups in total. The minimum absolute atomic E-state index is 0.0102. The number of benzene rings is 1. The highest BCUT2D eigenvalue weighted by Crippen LogP contribution is 2.12. The van der Waals surface area contributed by atoms with Gasteiger partial charge < -0.3 is 0 Å². The van der Waals surface area contributed by atoms with Crippen LogP contribution in [0.25, 0.3) is 0 Å². The van der Waals surface area contributed by atoms with Gasteiger partial charge in [-0.1, -0.05) is 29.8 Å². The number of hydrogen-bond donors (Lipinski definition) is 0. The molecule has 0 aliphatic carbocycles. The molecule has 1 aromatic carbocycles. The maximum atomic E-state index is 12.0. The van der Waals surface area contributed by atoms with Crippen molar-refractivity contribution in [2.45, 2.75) is 13.3 Å². The van der Waals surface area contributed by atoms with Crippen molar-refractivity contribution in [1.29, 1.82) is 0 Å². The molecule has 0 spiro atoms. The van der Waals surface area contributed by atoms with Gasteiger partial charge in [0.25, 0.3) is 0 Å². The predicted octanol–water partition coefficient (Wildman–Crippen LogP) is 3.47. The number of halogens is 1. The predicted molar refractivity (Wildman–Crippen MR) is 68.5 cm³/mol. The van der Waals surface area contributed by atoms with E-state index in [1.165, 1.54) is 0 Å². The van der Waals surface area contributed by atoms with Crippen LogP contribution in [-0.2, 0) is 6.42 Å². The third kappa shape index (κ3) is 3.14. The van der Waals surface area contributed by atoms with E-state index in [2.05, 4.69) is 4.98 Å². The summed E-state index contributed by atoms with van der Waals surface area (Å²) in [5.41, 5.74) is 2.26. The van der Waals surface area contributed by atoms with Crippen molar-refractivity contribution in [3.05, 3.63) is 64.4 Å². The van der Waals surface area contributed by atoms with Gasteiger partial charge in [-0.25, -0.2) is 0 Å². The second kappa shape index (κ2) is 5.11. The zero-order valence-electron chi connectivity index (χ0n) is 9.48. The lowest BCUT2D eigenvalue weighted by Crippen LogP contribution is -2.06. The van der Waals surface area contributed by atoms with Crippen LogP contribution in [0.5, 0.6) is 0 Å². The lowest BCUT2D eigenvalue weighted by Gasteiger charge is -2.02. The summed E-state index contributed by atoms with van der Waals surface area (Å²) in [5, 5.41) is 0.646. The summed E-state index contributed by atoms with van der Waals surface area (Å²) >= 11 is 5.87. The monoisotopic (exact) mass is 245 g/mol.